The molecule has 0 aromatic heterocycles. The average Bonchev–Trinajstić information content (AvgIpc) is 3.49. The minimum atomic E-state index is -0.170. The Labute approximate surface area is 309 Å². The third-order valence-corrected chi connectivity index (χ3v) is 12.0. The van der Waals surface area contributed by atoms with Gasteiger partial charge < -0.3 is 9.69 Å². The Balaban J connectivity index is 1.24. The van der Waals surface area contributed by atoms with Crippen molar-refractivity contribution in [2.24, 2.45) is 0 Å². The number of carbonyl (C=O) groups excluding carboxylic acids is 1. The van der Waals surface area contributed by atoms with E-state index < -0.39 is 0 Å². The topological polar surface area (TPSA) is 23.3 Å². The number of allylic oxidation sites excluding steroid dienone is 8. The average molecular weight is 696 g/mol. The molecule has 0 saturated heterocycles. The molecule has 0 atom stereocenters. The van der Waals surface area contributed by atoms with Crippen LogP contribution in [-0.4, -0.2) is 29.7 Å². The summed E-state index contributed by atoms with van der Waals surface area (Å²) in [6.07, 6.45) is 18.2. The summed E-state index contributed by atoms with van der Waals surface area (Å²) in [5.41, 5.74) is 10.2. The number of anilines is 1. The van der Waals surface area contributed by atoms with Gasteiger partial charge in [-0.15, -0.1) is 0 Å². The van der Waals surface area contributed by atoms with E-state index in [0.29, 0.717) is 6.42 Å². The molecule has 7 rings (SSSR count). The summed E-state index contributed by atoms with van der Waals surface area (Å²) in [6, 6.07) is 26.7. The van der Waals surface area contributed by atoms with Crippen LogP contribution in [0.15, 0.2) is 119 Å². The highest BCUT2D eigenvalue weighted by molar-refractivity contribution is 6.32. The van der Waals surface area contributed by atoms with E-state index in [2.05, 4.69) is 141 Å². The predicted octanol–water partition coefficient (Wildman–Crippen LogP) is 12.4. The lowest BCUT2D eigenvalue weighted by atomic mass is 9.78. The van der Waals surface area contributed by atoms with Gasteiger partial charge in [-0.2, -0.15) is 4.58 Å². The molecule has 51 heavy (non-hydrogen) atoms. The van der Waals surface area contributed by atoms with E-state index in [4.69, 9.17) is 11.6 Å². The van der Waals surface area contributed by atoms with Crippen LogP contribution in [0.4, 0.5) is 11.4 Å². The van der Waals surface area contributed by atoms with Crippen molar-refractivity contribution in [2.75, 3.05) is 18.0 Å². The number of rotatable bonds is 11. The molecule has 0 spiro atoms. The summed E-state index contributed by atoms with van der Waals surface area (Å²) in [6.45, 7) is 13.7. The molecule has 0 fully saturated rings. The SMILES string of the molecule is CCC[N+]1=C(/C=C/C2=C(Cl)C(=C/C=C3\N(CCCCCC=O)c4ccc5ccccc5c4C3(C)C)/CCC2)C(C)(C)c2c1ccc1ccccc21. The second kappa shape index (κ2) is 14.4. The fourth-order valence-electron chi connectivity index (χ4n) is 9.02. The number of hydrogen-bond donors (Lipinski definition) is 0. The summed E-state index contributed by atoms with van der Waals surface area (Å²) >= 11 is 7.33. The summed E-state index contributed by atoms with van der Waals surface area (Å²) < 4.78 is 2.54. The second-order valence-electron chi connectivity index (χ2n) is 15.6. The minimum absolute atomic E-state index is 0.128. The van der Waals surface area contributed by atoms with Crippen LogP contribution in [0.3, 0.4) is 0 Å². The molecule has 0 amide bonds. The van der Waals surface area contributed by atoms with Crippen molar-refractivity contribution in [3.63, 3.8) is 0 Å². The lowest BCUT2D eigenvalue weighted by Gasteiger charge is -2.27. The van der Waals surface area contributed by atoms with E-state index in [-0.39, 0.29) is 10.8 Å². The van der Waals surface area contributed by atoms with Gasteiger partial charge in [0.15, 0.2) is 5.71 Å². The zero-order chi connectivity index (χ0) is 35.8. The number of halogens is 1. The Morgan fingerprint density at radius 1 is 0.784 bits per heavy atom. The molecule has 0 radical (unpaired) electrons. The van der Waals surface area contributed by atoms with Crippen LogP contribution in [-0.2, 0) is 15.6 Å². The number of carbonyl (C=O) groups is 1. The highest BCUT2D eigenvalue weighted by Gasteiger charge is 2.45. The minimum Gasteiger partial charge on any atom is -0.344 e. The van der Waals surface area contributed by atoms with Crippen LogP contribution in [0.25, 0.3) is 21.5 Å². The van der Waals surface area contributed by atoms with Gasteiger partial charge in [0, 0.05) is 58.9 Å². The third kappa shape index (κ3) is 6.33. The zero-order valence-corrected chi connectivity index (χ0v) is 31.8. The monoisotopic (exact) mass is 695 g/mol. The highest BCUT2D eigenvalue weighted by Crippen LogP contribution is 2.51. The van der Waals surface area contributed by atoms with Crippen molar-refractivity contribution in [1.82, 2.24) is 0 Å². The lowest BCUT2D eigenvalue weighted by molar-refractivity contribution is -0.437. The van der Waals surface area contributed by atoms with Gasteiger partial charge in [0.1, 0.15) is 12.8 Å². The van der Waals surface area contributed by atoms with Crippen molar-refractivity contribution in [3.8, 4) is 0 Å². The van der Waals surface area contributed by atoms with Crippen molar-refractivity contribution in [3.05, 3.63) is 130 Å². The van der Waals surface area contributed by atoms with E-state index in [1.54, 1.807) is 0 Å². The van der Waals surface area contributed by atoms with E-state index in [1.807, 2.05) is 0 Å². The van der Waals surface area contributed by atoms with E-state index in [9.17, 15) is 4.79 Å². The van der Waals surface area contributed by atoms with E-state index in [1.165, 1.54) is 66.6 Å². The first-order valence-electron chi connectivity index (χ1n) is 19.1. The molecular formula is C47H52ClN2O+. The van der Waals surface area contributed by atoms with Gasteiger partial charge in [0.25, 0.3) is 0 Å². The molecule has 262 valence electrons. The number of hydrogen-bond acceptors (Lipinski definition) is 2. The molecule has 2 heterocycles. The first kappa shape index (κ1) is 35.2. The molecule has 0 saturated carbocycles. The molecular weight excluding hydrogens is 644 g/mol. The van der Waals surface area contributed by atoms with Crippen LogP contribution in [0.2, 0.25) is 0 Å². The molecule has 1 aliphatic carbocycles. The lowest BCUT2D eigenvalue weighted by Crippen LogP contribution is -2.28. The Hall–Kier alpha value is -4.21. The number of fused-ring (bicyclic) bond motifs is 6. The Kier molecular flexibility index (Phi) is 9.96. The summed E-state index contributed by atoms with van der Waals surface area (Å²) in [4.78, 5) is 13.5. The molecule has 2 aliphatic heterocycles. The molecule has 0 N–H and O–H groups in total. The zero-order valence-electron chi connectivity index (χ0n) is 31.1. The van der Waals surface area contributed by atoms with Crippen molar-refractivity contribution in [1.29, 1.82) is 0 Å². The van der Waals surface area contributed by atoms with Gasteiger partial charge in [0.05, 0.1) is 5.41 Å². The molecule has 3 nitrogen and oxygen atoms in total. The summed E-state index contributed by atoms with van der Waals surface area (Å²) in [7, 11) is 0. The number of aldehydes is 1. The van der Waals surface area contributed by atoms with Crippen molar-refractivity contribution in [2.45, 2.75) is 96.8 Å². The first-order valence-corrected chi connectivity index (χ1v) is 19.4. The molecule has 4 aromatic rings. The van der Waals surface area contributed by atoms with Gasteiger partial charge in [-0.3, -0.25) is 0 Å². The Bertz CT molecular complexity index is 2160. The fraction of sp³-hybridized carbons (Fsp3) is 0.362. The van der Waals surface area contributed by atoms with Crippen LogP contribution < -0.4 is 4.90 Å². The van der Waals surface area contributed by atoms with Crippen LogP contribution in [0.1, 0.15) is 97.1 Å². The number of benzene rings is 4. The van der Waals surface area contributed by atoms with Crippen molar-refractivity contribution < 1.29 is 9.37 Å². The van der Waals surface area contributed by atoms with Gasteiger partial charge in [-0.05, 0) is 102 Å². The van der Waals surface area contributed by atoms with Gasteiger partial charge >= 0.3 is 0 Å². The highest BCUT2D eigenvalue weighted by atomic mass is 35.5. The van der Waals surface area contributed by atoms with Crippen LogP contribution in [0, 0.1) is 0 Å². The van der Waals surface area contributed by atoms with Gasteiger partial charge in [0.2, 0.25) is 5.69 Å². The second-order valence-corrected chi connectivity index (χ2v) is 16.0. The first-order chi connectivity index (χ1) is 24.7. The molecule has 4 heteroatoms. The number of unbranched alkanes of at least 4 members (excludes halogenated alkanes) is 3. The maximum atomic E-state index is 11.0. The number of nitrogens with zero attached hydrogens (tertiary/aromatic N) is 2. The predicted molar refractivity (Wildman–Crippen MR) is 218 cm³/mol. The Morgan fingerprint density at radius 2 is 1.49 bits per heavy atom. The molecule has 0 unspecified atom stereocenters. The van der Waals surface area contributed by atoms with Crippen LogP contribution >= 0.6 is 11.6 Å². The normalized spacial score (nSPS) is 19.7. The summed E-state index contributed by atoms with van der Waals surface area (Å²) in [5.74, 6) is 0. The molecule has 0 bridgehead atoms. The molecule has 3 aliphatic rings. The van der Waals surface area contributed by atoms with Crippen molar-refractivity contribution >= 4 is 56.5 Å². The third-order valence-electron chi connectivity index (χ3n) is 11.5. The standard InChI is InChI=1S/C47H52ClN2O/c1-6-30-49-39-26-22-33-16-9-11-20-37(33)43(39)46(2,3)41(49)28-24-35-18-15-19-36(45(35)48)25-29-42-47(4,5)44-38-21-12-10-17-34(38)23-27-40(44)50(42)31-13-7-8-14-32-51/h9-12,16-17,20-29,32H,6-8,13-15,18-19,30-31H2,1-5H3/q+1. The Morgan fingerprint density at radius 3 is 2.22 bits per heavy atom. The largest absolute Gasteiger partial charge is 0.344 e. The van der Waals surface area contributed by atoms with E-state index in [0.717, 1.165) is 69.4 Å². The van der Waals surface area contributed by atoms with E-state index >= 15 is 0 Å². The van der Waals surface area contributed by atoms with Gasteiger partial charge in [-0.1, -0.05) is 106 Å². The smallest absolute Gasteiger partial charge is 0.210 e. The maximum Gasteiger partial charge on any atom is 0.210 e. The van der Waals surface area contributed by atoms with Crippen LogP contribution in [0.5, 0.6) is 0 Å². The fourth-order valence-corrected chi connectivity index (χ4v) is 9.33. The van der Waals surface area contributed by atoms with Gasteiger partial charge in [-0.25, -0.2) is 0 Å². The quantitative estimate of drug-likeness (QED) is 0.0885. The summed E-state index contributed by atoms with van der Waals surface area (Å²) in [5, 5.41) is 6.14. The molecule has 4 aromatic carbocycles. The maximum absolute atomic E-state index is 11.0.